The van der Waals surface area contributed by atoms with Crippen LogP contribution in [0, 0.1) is 0 Å². The van der Waals surface area contributed by atoms with Crippen LogP contribution in [0.15, 0.2) is 42.5 Å². The third-order valence-corrected chi connectivity index (χ3v) is 5.06. The highest BCUT2D eigenvalue weighted by molar-refractivity contribution is 6.05. The fraction of sp³-hybridized carbons (Fsp3) is 0.333. The lowest BCUT2D eigenvalue weighted by Crippen LogP contribution is -2.33. The summed E-state index contributed by atoms with van der Waals surface area (Å²) in [4.78, 5) is 26.8. The van der Waals surface area contributed by atoms with Gasteiger partial charge in [0.1, 0.15) is 0 Å². The van der Waals surface area contributed by atoms with E-state index in [2.05, 4.69) is 22.3 Å². The molecule has 0 saturated carbocycles. The number of anilines is 1. The first-order chi connectivity index (χ1) is 13.1. The Labute approximate surface area is 158 Å². The van der Waals surface area contributed by atoms with E-state index in [1.807, 2.05) is 18.2 Å². The number of hydrogen-bond donors (Lipinski definition) is 1. The Kier molecular flexibility index (Phi) is 4.81. The van der Waals surface area contributed by atoms with Gasteiger partial charge in [-0.15, -0.1) is 0 Å². The molecule has 1 amide bonds. The predicted molar refractivity (Wildman–Crippen MR) is 101 cm³/mol. The lowest BCUT2D eigenvalue weighted by atomic mass is 10.0. The molecule has 1 saturated heterocycles. The van der Waals surface area contributed by atoms with Gasteiger partial charge < -0.3 is 14.8 Å². The highest BCUT2D eigenvalue weighted by atomic mass is 16.7. The smallest absolute Gasteiger partial charge is 0.238 e. The molecule has 6 nitrogen and oxygen atoms in total. The van der Waals surface area contributed by atoms with Gasteiger partial charge in [-0.3, -0.25) is 14.5 Å². The first-order valence-corrected chi connectivity index (χ1v) is 9.15. The number of nitrogens with zero attached hydrogens (tertiary/aromatic N) is 1. The second kappa shape index (κ2) is 7.40. The van der Waals surface area contributed by atoms with Gasteiger partial charge in [0.25, 0.3) is 0 Å². The number of nitrogens with one attached hydrogen (secondary N) is 1. The standard InChI is InChI=1S/C21H22N2O4/c1-14(24)16-10-19-20(27-13-26-19)11-17(16)22-21(25)12-23-9-5-8-18(23)15-6-3-2-4-7-15/h2-4,6-7,10-11,18H,5,8-9,12-13H2,1H3,(H,22,25). The molecular weight excluding hydrogens is 344 g/mol. The second-order valence-corrected chi connectivity index (χ2v) is 6.89. The number of ether oxygens (including phenoxy) is 2. The molecule has 2 aromatic rings. The van der Waals surface area contributed by atoms with E-state index in [0.29, 0.717) is 22.7 Å². The summed E-state index contributed by atoms with van der Waals surface area (Å²) in [6, 6.07) is 13.8. The summed E-state index contributed by atoms with van der Waals surface area (Å²) >= 11 is 0. The molecule has 2 aliphatic heterocycles. The van der Waals surface area contributed by atoms with Crippen molar-refractivity contribution < 1.29 is 19.1 Å². The summed E-state index contributed by atoms with van der Waals surface area (Å²) in [5.41, 5.74) is 2.12. The van der Waals surface area contributed by atoms with Crippen molar-refractivity contribution in [3.8, 4) is 11.5 Å². The predicted octanol–water partition coefficient (Wildman–Crippen LogP) is 3.39. The Balaban J connectivity index is 1.49. The second-order valence-electron chi connectivity index (χ2n) is 6.89. The first-order valence-electron chi connectivity index (χ1n) is 9.15. The molecule has 27 heavy (non-hydrogen) atoms. The molecule has 1 N–H and O–H groups in total. The third kappa shape index (κ3) is 3.66. The summed E-state index contributed by atoms with van der Waals surface area (Å²) in [5, 5.41) is 2.88. The van der Waals surface area contributed by atoms with Crippen molar-refractivity contribution in [3.63, 3.8) is 0 Å². The van der Waals surface area contributed by atoms with Crippen molar-refractivity contribution in [2.75, 3.05) is 25.2 Å². The zero-order valence-electron chi connectivity index (χ0n) is 15.2. The molecule has 140 valence electrons. The summed E-state index contributed by atoms with van der Waals surface area (Å²) in [7, 11) is 0. The van der Waals surface area contributed by atoms with Crippen LogP contribution in [0.4, 0.5) is 5.69 Å². The van der Waals surface area contributed by atoms with Gasteiger partial charge in [-0.2, -0.15) is 0 Å². The first kappa shape index (κ1) is 17.5. The highest BCUT2D eigenvalue weighted by Crippen LogP contribution is 2.37. The van der Waals surface area contributed by atoms with E-state index >= 15 is 0 Å². The van der Waals surface area contributed by atoms with E-state index in [-0.39, 0.29) is 31.1 Å². The van der Waals surface area contributed by atoms with E-state index in [9.17, 15) is 9.59 Å². The van der Waals surface area contributed by atoms with E-state index < -0.39 is 0 Å². The maximum Gasteiger partial charge on any atom is 0.238 e. The number of benzene rings is 2. The van der Waals surface area contributed by atoms with E-state index in [4.69, 9.17) is 9.47 Å². The Morgan fingerprint density at radius 1 is 1.15 bits per heavy atom. The topological polar surface area (TPSA) is 67.9 Å². The monoisotopic (exact) mass is 366 g/mol. The summed E-state index contributed by atoms with van der Waals surface area (Å²) in [6.45, 7) is 2.76. The minimum Gasteiger partial charge on any atom is -0.454 e. The molecule has 0 radical (unpaired) electrons. The van der Waals surface area contributed by atoms with Gasteiger partial charge in [0, 0.05) is 17.7 Å². The maximum absolute atomic E-state index is 12.7. The van der Waals surface area contributed by atoms with Gasteiger partial charge >= 0.3 is 0 Å². The molecule has 2 aliphatic rings. The number of Topliss-reactive ketones (excluding diaryl/α,β-unsaturated/α-hetero) is 1. The molecule has 1 fully saturated rings. The fourth-order valence-electron chi connectivity index (χ4n) is 3.78. The zero-order chi connectivity index (χ0) is 18.8. The number of carbonyl (C=O) groups excluding carboxylic acids is 2. The molecule has 2 aromatic carbocycles. The van der Waals surface area contributed by atoms with Gasteiger partial charge in [0.05, 0.1) is 12.2 Å². The zero-order valence-corrected chi connectivity index (χ0v) is 15.2. The van der Waals surface area contributed by atoms with Crippen molar-refractivity contribution in [3.05, 3.63) is 53.6 Å². The highest BCUT2D eigenvalue weighted by Gasteiger charge is 2.28. The number of fused-ring (bicyclic) bond motifs is 1. The Bertz CT molecular complexity index is 866. The molecule has 2 heterocycles. The Morgan fingerprint density at radius 3 is 2.63 bits per heavy atom. The van der Waals surface area contributed by atoms with Crippen LogP contribution in [-0.4, -0.2) is 36.5 Å². The quantitative estimate of drug-likeness (QED) is 0.822. The average Bonchev–Trinajstić information content (AvgIpc) is 3.30. The molecule has 1 unspecified atom stereocenters. The average molecular weight is 366 g/mol. The Morgan fingerprint density at radius 2 is 1.89 bits per heavy atom. The van der Waals surface area contributed by atoms with Crippen LogP contribution in [0.1, 0.15) is 41.7 Å². The van der Waals surface area contributed by atoms with Gasteiger partial charge in [-0.1, -0.05) is 30.3 Å². The molecule has 1 atom stereocenters. The third-order valence-electron chi connectivity index (χ3n) is 5.06. The fourth-order valence-corrected chi connectivity index (χ4v) is 3.78. The van der Waals surface area contributed by atoms with Crippen LogP contribution in [0.25, 0.3) is 0 Å². The lowest BCUT2D eigenvalue weighted by Gasteiger charge is -2.24. The molecule has 0 bridgehead atoms. The van der Waals surface area contributed by atoms with Crippen LogP contribution >= 0.6 is 0 Å². The number of likely N-dealkylation sites (tertiary alicyclic amines) is 1. The number of rotatable bonds is 5. The van der Waals surface area contributed by atoms with Crippen LogP contribution in [-0.2, 0) is 4.79 Å². The number of amides is 1. The SMILES string of the molecule is CC(=O)c1cc2c(cc1NC(=O)CN1CCCC1c1ccccc1)OCO2. The van der Waals surface area contributed by atoms with Crippen molar-refractivity contribution in [2.45, 2.75) is 25.8 Å². The number of carbonyl (C=O) groups is 2. The summed E-state index contributed by atoms with van der Waals surface area (Å²) in [5.74, 6) is 0.798. The molecule has 0 aliphatic carbocycles. The summed E-state index contributed by atoms with van der Waals surface area (Å²) in [6.07, 6.45) is 2.11. The summed E-state index contributed by atoms with van der Waals surface area (Å²) < 4.78 is 10.7. The van der Waals surface area contributed by atoms with Crippen molar-refractivity contribution in [1.29, 1.82) is 0 Å². The number of hydrogen-bond acceptors (Lipinski definition) is 5. The van der Waals surface area contributed by atoms with E-state index in [1.54, 1.807) is 12.1 Å². The minimum absolute atomic E-state index is 0.122. The lowest BCUT2D eigenvalue weighted by molar-refractivity contribution is -0.117. The van der Waals surface area contributed by atoms with Crippen molar-refractivity contribution in [2.24, 2.45) is 0 Å². The van der Waals surface area contributed by atoms with Crippen LogP contribution in [0.2, 0.25) is 0 Å². The largest absolute Gasteiger partial charge is 0.454 e. The molecule has 0 aromatic heterocycles. The van der Waals surface area contributed by atoms with Crippen molar-refractivity contribution >= 4 is 17.4 Å². The molecule has 0 spiro atoms. The maximum atomic E-state index is 12.7. The van der Waals surface area contributed by atoms with Gasteiger partial charge in [0.2, 0.25) is 12.7 Å². The molecule has 6 heteroatoms. The Hall–Kier alpha value is -2.86. The molecular formula is C21H22N2O4. The van der Waals surface area contributed by atoms with Crippen molar-refractivity contribution in [1.82, 2.24) is 4.90 Å². The van der Waals surface area contributed by atoms with Crippen LogP contribution < -0.4 is 14.8 Å². The van der Waals surface area contributed by atoms with E-state index in [0.717, 1.165) is 19.4 Å². The van der Waals surface area contributed by atoms with Gasteiger partial charge in [-0.05, 0) is 37.9 Å². The van der Waals surface area contributed by atoms with E-state index in [1.165, 1.54) is 12.5 Å². The van der Waals surface area contributed by atoms with Gasteiger partial charge in [0.15, 0.2) is 17.3 Å². The number of ketones is 1. The minimum atomic E-state index is -0.140. The van der Waals surface area contributed by atoms with Crippen LogP contribution in [0.5, 0.6) is 11.5 Å². The normalized spacial score (nSPS) is 18.5. The molecule has 4 rings (SSSR count). The van der Waals surface area contributed by atoms with Crippen LogP contribution in [0.3, 0.4) is 0 Å². The van der Waals surface area contributed by atoms with Gasteiger partial charge in [-0.25, -0.2) is 0 Å².